The van der Waals surface area contributed by atoms with Gasteiger partial charge < -0.3 is 15.7 Å². The zero-order valence-electron chi connectivity index (χ0n) is 11.2. The number of amides is 2. The van der Waals surface area contributed by atoms with Crippen molar-refractivity contribution in [2.45, 2.75) is 32.2 Å². The molecular formula is C13H18N2O4S. The van der Waals surface area contributed by atoms with E-state index in [0.717, 1.165) is 0 Å². The van der Waals surface area contributed by atoms with E-state index in [0.29, 0.717) is 17.8 Å². The zero-order valence-corrected chi connectivity index (χ0v) is 12.0. The molecule has 0 aliphatic carbocycles. The first-order chi connectivity index (χ1) is 9.49. The lowest BCUT2D eigenvalue weighted by atomic mass is 10.2. The van der Waals surface area contributed by atoms with Crippen LogP contribution in [0.25, 0.3) is 0 Å². The highest BCUT2D eigenvalue weighted by molar-refractivity contribution is 7.12. The number of nitrogens with one attached hydrogen (secondary N) is 2. The number of rotatable bonds is 8. The smallest absolute Gasteiger partial charge is 0.305 e. The molecule has 1 unspecified atom stereocenters. The first-order valence-electron chi connectivity index (χ1n) is 6.32. The molecule has 0 radical (unpaired) electrons. The van der Waals surface area contributed by atoms with Crippen LogP contribution in [0.5, 0.6) is 0 Å². The number of carbonyl (C=O) groups excluding carboxylic acids is 2. The Bertz CT molecular complexity index is 459. The third kappa shape index (κ3) is 6.33. The topological polar surface area (TPSA) is 95.5 Å². The van der Waals surface area contributed by atoms with E-state index < -0.39 is 5.97 Å². The van der Waals surface area contributed by atoms with Crippen LogP contribution in [-0.2, 0) is 9.59 Å². The normalized spacial score (nSPS) is 11.7. The lowest BCUT2D eigenvalue weighted by molar-refractivity contribution is -0.137. The third-order valence-electron chi connectivity index (χ3n) is 2.50. The lowest BCUT2D eigenvalue weighted by Gasteiger charge is -2.11. The van der Waals surface area contributed by atoms with Crippen molar-refractivity contribution in [3.63, 3.8) is 0 Å². The van der Waals surface area contributed by atoms with Crippen LogP contribution in [0.2, 0.25) is 0 Å². The maximum absolute atomic E-state index is 11.6. The summed E-state index contributed by atoms with van der Waals surface area (Å²) < 4.78 is 0. The van der Waals surface area contributed by atoms with Crippen molar-refractivity contribution in [3.05, 3.63) is 22.4 Å². The van der Waals surface area contributed by atoms with Gasteiger partial charge in [-0.15, -0.1) is 11.3 Å². The van der Waals surface area contributed by atoms with Crippen LogP contribution in [0.3, 0.4) is 0 Å². The molecule has 0 aromatic carbocycles. The Kier molecular flexibility index (Phi) is 6.72. The summed E-state index contributed by atoms with van der Waals surface area (Å²) in [5.74, 6) is -1.29. The van der Waals surface area contributed by atoms with Gasteiger partial charge in [-0.1, -0.05) is 6.07 Å². The van der Waals surface area contributed by atoms with Gasteiger partial charge in [0.1, 0.15) is 0 Å². The molecule has 0 aliphatic heterocycles. The summed E-state index contributed by atoms with van der Waals surface area (Å²) >= 11 is 1.36. The van der Waals surface area contributed by atoms with E-state index in [-0.39, 0.29) is 30.7 Å². The highest BCUT2D eigenvalue weighted by Crippen LogP contribution is 2.07. The standard InChI is InChI=1S/C13H18N2O4S/c1-9(8-12(17)18)15-11(16)5-2-6-14-13(19)10-4-3-7-20-10/h3-4,7,9H,2,5-6,8H2,1H3,(H,14,19)(H,15,16)(H,17,18). The van der Waals surface area contributed by atoms with E-state index in [4.69, 9.17) is 5.11 Å². The largest absolute Gasteiger partial charge is 0.481 e. The van der Waals surface area contributed by atoms with Crippen molar-refractivity contribution in [1.29, 1.82) is 0 Å². The minimum Gasteiger partial charge on any atom is -0.481 e. The van der Waals surface area contributed by atoms with E-state index in [1.54, 1.807) is 19.1 Å². The predicted octanol–water partition coefficient (Wildman–Crippen LogP) is 1.24. The van der Waals surface area contributed by atoms with Crippen LogP contribution in [0.15, 0.2) is 17.5 Å². The average Bonchev–Trinajstić information content (AvgIpc) is 2.86. The van der Waals surface area contributed by atoms with E-state index in [9.17, 15) is 14.4 Å². The first kappa shape index (κ1) is 16.2. The van der Waals surface area contributed by atoms with Crippen LogP contribution in [0, 0.1) is 0 Å². The van der Waals surface area contributed by atoms with Crippen LogP contribution in [0.1, 0.15) is 35.9 Å². The molecule has 7 heteroatoms. The maximum Gasteiger partial charge on any atom is 0.305 e. The Morgan fingerprint density at radius 1 is 1.40 bits per heavy atom. The summed E-state index contributed by atoms with van der Waals surface area (Å²) in [4.78, 5) is 34.2. The minimum absolute atomic E-state index is 0.0964. The highest BCUT2D eigenvalue weighted by atomic mass is 32.1. The molecule has 20 heavy (non-hydrogen) atoms. The number of hydrogen-bond acceptors (Lipinski definition) is 4. The third-order valence-corrected chi connectivity index (χ3v) is 3.37. The molecular weight excluding hydrogens is 280 g/mol. The molecule has 0 saturated carbocycles. The van der Waals surface area contributed by atoms with Crippen LogP contribution >= 0.6 is 11.3 Å². The quantitative estimate of drug-likeness (QED) is 0.629. The molecule has 3 N–H and O–H groups in total. The van der Waals surface area contributed by atoms with Gasteiger partial charge in [-0.25, -0.2) is 0 Å². The van der Waals surface area contributed by atoms with Gasteiger partial charge in [0, 0.05) is 19.0 Å². The van der Waals surface area contributed by atoms with Crippen molar-refractivity contribution in [1.82, 2.24) is 10.6 Å². The Balaban J connectivity index is 2.13. The van der Waals surface area contributed by atoms with E-state index >= 15 is 0 Å². The fraction of sp³-hybridized carbons (Fsp3) is 0.462. The Morgan fingerprint density at radius 3 is 2.75 bits per heavy atom. The summed E-state index contributed by atoms with van der Waals surface area (Å²) in [5, 5.41) is 15.7. The van der Waals surface area contributed by atoms with E-state index in [1.807, 2.05) is 5.38 Å². The second-order valence-electron chi connectivity index (χ2n) is 4.40. The highest BCUT2D eigenvalue weighted by Gasteiger charge is 2.11. The van der Waals surface area contributed by atoms with Crippen LogP contribution in [-0.4, -0.2) is 35.5 Å². The van der Waals surface area contributed by atoms with Crippen LogP contribution < -0.4 is 10.6 Å². The molecule has 0 aliphatic rings. The molecule has 0 bridgehead atoms. The van der Waals surface area contributed by atoms with Gasteiger partial charge in [0.15, 0.2) is 0 Å². The fourth-order valence-corrected chi connectivity index (χ4v) is 2.25. The fourth-order valence-electron chi connectivity index (χ4n) is 1.61. The lowest BCUT2D eigenvalue weighted by Crippen LogP contribution is -2.34. The molecule has 6 nitrogen and oxygen atoms in total. The number of hydrogen-bond donors (Lipinski definition) is 3. The summed E-state index contributed by atoms with van der Waals surface area (Å²) in [7, 11) is 0. The van der Waals surface area contributed by atoms with Crippen molar-refractivity contribution in [2.75, 3.05) is 6.54 Å². The van der Waals surface area contributed by atoms with Crippen molar-refractivity contribution in [3.8, 4) is 0 Å². The number of carboxylic acid groups (broad SMARTS) is 1. The number of carboxylic acids is 1. The van der Waals surface area contributed by atoms with E-state index in [2.05, 4.69) is 10.6 Å². The number of thiophene rings is 1. The van der Waals surface area contributed by atoms with Crippen molar-refractivity contribution < 1.29 is 19.5 Å². The van der Waals surface area contributed by atoms with Crippen LogP contribution in [0.4, 0.5) is 0 Å². The van der Waals surface area contributed by atoms with Gasteiger partial charge in [-0.05, 0) is 24.8 Å². The Labute approximate surface area is 121 Å². The monoisotopic (exact) mass is 298 g/mol. The molecule has 0 spiro atoms. The molecule has 0 saturated heterocycles. The molecule has 1 atom stereocenters. The van der Waals surface area contributed by atoms with Gasteiger partial charge in [-0.3, -0.25) is 14.4 Å². The number of aliphatic carboxylic acids is 1. The predicted molar refractivity (Wildman–Crippen MR) is 75.7 cm³/mol. The Morgan fingerprint density at radius 2 is 2.15 bits per heavy atom. The Hall–Kier alpha value is -1.89. The van der Waals surface area contributed by atoms with Gasteiger partial charge in [0.2, 0.25) is 5.91 Å². The molecule has 1 aromatic rings. The molecule has 1 rings (SSSR count). The molecule has 0 fully saturated rings. The summed E-state index contributed by atoms with van der Waals surface area (Å²) in [6, 6.07) is 3.15. The second kappa shape index (κ2) is 8.31. The minimum atomic E-state index is -0.944. The molecule has 2 amide bonds. The average molecular weight is 298 g/mol. The first-order valence-corrected chi connectivity index (χ1v) is 7.20. The molecule has 110 valence electrons. The SMILES string of the molecule is CC(CC(=O)O)NC(=O)CCCNC(=O)c1cccs1. The van der Waals surface area contributed by atoms with Gasteiger partial charge >= 0.3 is 5.97 Å². The van der Waals surface area contributed by atoms with Gasteiger partial charge in [0.25, 0.3) is 5.91 Å². The molecule has 1 heterocycles. The molecule has 1 aromatic heterocycles. The van der Waals surface area contributed by atoms with Gasteiger partial charge in [-0.2, -0.15) is 0 Å². The van der Waals surface area contributed by atoms with E-state index in [1.165, 1.54) is 11.3 Å². The second-order valence-corrected chi connectivity index (χ2v) is 5.35. The van der Waals surface area contributed by atoms with Crippen molar-refractivity contribution in [2.24, 2.45) is 0 Å². The summed E-state index contributed by atoms with van der Waals surface area (Å²) in [6.45, 7) is 2.06. The van der Waals surface area contributed by atoms with Crippen molar-refractivity contribution >= 4 is 29.1 Å². The zero-order chi connectivity index (χ0) is 15.0. The van der Waals surface area contributed by atoms with Gasteiger partial charge in [0.05, 0.1) is 11.3 Å². The summed E-state index contributed by atoms with van der Waals surface area (Å²) in [6.07, 6.45) is 0.679. The maximum atomic E-state index is 11.6. The number of carbonyl (C=O) groups is 3. The summed E-state index contributed by atoms with van der Waals surface area (Å²) in [5.41, 5.74) is 0.